The molecule has 0 spiro atoms. The van der Waals surface area contributed by atoms with Gasteiger partial charge in [0.05, 0.1) is 26.8 Å². The summed E-state index contributed by atoms with van der Waals surface area (Å²) in [6.07, 6.45) is 9.91. The number of pyridine rings is 1. The van der Waals surface area contributed by atoms with Crippen LogP contribution < -0.4 is 0 Å². The van der Waals surface area contributed by atoms with Crippen molar-refractivity contribution in [2.24, 2.45) is 0 Å². The minimum absolute atomic E-state index is 0.504. The Kier molecular flexibility index (Phi) is 7.84. The molecule has 2 aromatic carbocycles. The average Bonchev–Trinajstić information content (AvgIpc) is 2.89. The Morgan fingerprint density at radius 1 is 0.943 bits per heavy atom. The summed E-state index contributed by atoms with van der Waals surface area (Å²) in [6.45, 7) is 3.28. The number of unbranched alkanes of at least 4 members (excludes halogenated alkanes) is 1. The summed E-state index contributed by atoms with van der Waals surface area (Å²) in [5.74, 6) is 0.556. The Bertz CT molecular complexity index is 1300. The molecular weight excluding hydrogens is 499 g/mol. The van der Waals surface area contributed by atoms with Gasteiger partial charge in [0.2, 0.25) is 0 Å². The van der Waals surface area contributed by atoms with Crippen molar-refractivity contribution in [3.05, 3.63) is 87.1 Å². The van der Waals surface area contributed by atoms with Gasteiger partial charge in [-0.15, -0.1) is 0 Å². The van der Waals surface area contributed by atoms with Crippen LogP contribution >= 0.6 is 34.8 Å². The van der Waals surface area contributed by atoms with Crippen molar-refractivity contribution in [3.8, 4) is 11.4 Å². The number of hydrogen-bond donors (Lipinski definition) is 0. The molecule has 5 rings (SSSR count). The fraction of sp³-hybridized carbons (Fsp3) is 0.321. The molecule has 35 heavy (non-hydrogen) atoms. The number of aromatic nitrogens is 3. The van der Waals surface area contributed by atoms with E-state index in [0.717, 1.165) is 73.5 Å². The molecule has 0 N–H and O–H groups in total. The lowest BCUT2D eigenvalue weighted by Gasteiger charge is -2.32. The topological polar surface area (TPSA) is 41.9 Å². The van der Waals surface area contributed by atoms with Gasteiger partial charge in [0.25, 0.3) is 0 Å². The van der Waals surface area contributed by atoms with Crippen LogP contribution in [0.3, 0.4) is 0 Å². The van der Waals surface area contributed by atoms with Crippen LogP contribution in [0.15, 0.2) is 54.7 Å². The number of piperidine rings is 1. The largest absolute Gasteiger partial charge is 0.303 e. The van der Waals surface area contributed by atoms with Gasteiger partial charge in [0, 0.05) is 16.8 Å². The summed E-state index contributed by atoms with van der Waals surface area (Å²) in [7, 11) is 0. The smallest absolute Gasteiger partial charge is 0.120 e. The van der Waals surface area contributed by atoms with Crippen LogP contribution in [0.25, 0.3) is 22.4 Å². The van der Waals surface area contributed by atoms with Gasteiger partial charge in [-0.25, -0.2) is 9.97 Å². The number of halogens is 3. The highest BCUT2D eigenvalue weighted by Crippen LogP contribution is 2.34. The molecule has 1 aliphatic rings. The average molecular weight is 525 g/mol. The lowest BCUT2D eigenvalue weighted by Crippen LogP contribution is -2.33. The monoisotopic (exact) mass is 523 g/mol. The Balaban J connectivity index is 1.22. The summed E-state index contributed by atoms with van der Waals surface area (Å²) < 4.78 is 0. The van der Waals surface area contributed by atoms with Gasteiger partial charge in [0.15, 0.2) is 0 Å². The van der Waals surface area contributed by atoms with E-state index in [2.05, 4.69) is 33.2 Å². The first kappa shape index (κ1) is 24.5. The van der Waals surface area contributed by atoms with Gasteiger partial charge in [-0.2, -0.15) is 0 Å². The minimum Gasteiger partial charge on any atom is -0.303 e. The fourth-order valence-corrected chi connectivity index (χ4v) is 5.62. The minimum atomic E-state index is 0.504. The predicted octanol–water partition coefficient (Wildman–Crippen LogP) is 7.65. The molecule has 1 aliphatic heterocycles. The number of hydrogen-bond acceptors (Lipinski definition) is 4. The zero-order chi connectivity index (χ0) is 24.2. The van der Waals surface area contributed by atoms with Crippen molar-refractivity contribution in [2.45, 2.75) is 38.0 Å². The molecule has 0 amide bonds. The van der Waals surface area contributed by atoms with Crippen molar-refractivity contribution in [1.29, 1.82) is 0 Å². The van der Waals surface area contributed by atoms with Crippen molar-refractivity contribution < 1.29 is 0 Å². The maximum Gasteiger partial charge on any atom is 0.120 e. The second kappa shape index (κ2) is 11.2. The van der Waals surface area contributed by atoms with E-state index in [-0.39, 0.29) is 0 Å². The summed E-state index contributed by atoms with van der Waals surface area (Å²) in [5.41, 5.74) is 5.07. The Morgan fingerprint density at radius 3 is 2.51 bits per heavy atom. The number of aryl methyl sites for hydroxylation is 1. The third-order valence-electron chi connectivity index (χ3n) is 6.76. The third kappa shape index (κ3) is 5.62. The molecule has 2 aromatic heterocycles. The maximum atomic E-state index is 6.64. The van der Waals surface area contributed by atoms with Gasteiger partial charge in [-0.1, -0.05) is 59.1 Å². The molecule has 1 radical (unpaired) electrons. The number of rotatable bonds is 7. The van der Waals surface area contributed by atoms with Gasteiger partial charge in [0.1, 0.15) is 11.9 Å². The Morgan fingerprint density at radius 2 is 1.74 bits per heavy atom. The fourth-order valence-electron chi connectivity index (χ4n) is 4.87. The first-order valence-electron chi connectivity index (χ1n) is 12.0. The van der Waals surface area contributed by atoms with E-state index < -0.39 is 0 Å². The van der Waals surface area contributed by atoms with Crippen LogP contribution in [0.4, 0.5) is 0 Å². The molecule has 1 fully saturated rings. The molecular formula is C28H26Cl3N4. The van der Waals surface area contributed by atoms with Crippen molar-refractivity contribution in [1.82, 2.24) is 19.9 Å². The zero-order valence-electron chi connectivity index (χ0n) is 19.4. The van der Waals surface area contributed by atoms with E-state index in [4.69, 9.17) is 39.8 Å². The summed E-state index contributed by atoms with van der Waals surface area (Å²) >= 11 is 19.5. The van der Waals surface area contributed by atoms with Crippen LogP contribution in [0, 0.1) is 6.20 Å². The molecule has 4 aromatic rings. The van der Waals surface area contributed by atoms with E-state index in [1.54, 1.807) is 12.3 Å². The highest BCUT2D eigenvalue weighted by Gasteiger charge is 2.22. The summed E-state index contributed by atoms with van der Waals surface area (Å²) in [6, 6.07) is 15.7. The van der Waals surface area contributed by atoms with Crippen LogP contribution in [-0.2, 0) is 6.42 Å². The number of nitrogens with zero attached hydrogens (tertiary/aromatic N) is 4. The summed E-state index contributed by atoms with van der Waals surface area (Å²) in [5, 5.41) is 1.96. The second-order valence-electron chi connectivity index (χ2n) is 9.01. The molecule has 4 nitrogen and oxygen atoms in total. The molecule has 0 aliphatic carbocycles. The molecule has 3 heterocycles. The van der Waals surface area contributed by atoms with Crippen LogP contribution in [0.1, 0.15) is 42.7 Å². The lowest BCUT2D eigenvalue weighted by molar-refractivity contribution is 0.209. The van der Waals surface area contributed by atoms with E-state index in [9.17, 15) is 0 Å². The Labute approximate surface area is 221 Å². The number of benzene rings is 2. The predicted molar refractivity (Wildman–Crippen MR) is 144 cm³/mol. The molecule has 7 heteroatoms. The quantitative estimate of drug-likeness (QED) is 0.233. The standard InChI is InChI=1S/C28H26Cl3N4/c29-22-9-2-1-7-20(22)19-11-15-35(16-12-19)14-6-4-8-21-27(31)23(30)17-25-28(21)34-26(18-33-25)24-10-3-5-13-32-24/h1-3,5,7,9-10,13,17,19H,4,6,8,11-12,14-16H2. The molecule has 0 bridgehead atoms. The van der Waals surface area contributed by atoms with E-state index >= 15 is 0 Å². The normalized spacial score (nSPS) is 15.1. The van der Waals surface area contributed by atoms with Gasteiger partial charge in [-0.3, -0.25) is 4.98 Å². The zero-order valence-corrected chi connectivity index (χ0v) is 21.6. The molecule has 0 unspecified atom stereocenters. The highest BCUT2D eigenvalue weighted by atomic mass is 35.5. The van der Waals surface area contributed by atoms with E-state index in [1.165, 1.54) is 5.56 Å². The molecule has 0 saturated carbocycles. The van der Waals surface area contributed by atoms with E-state index in [0.29, 0.717) is 27.2 Å². The van der Waals surface area contributed by atoms with Gasteiger partial charge < -0.3 is 4.90 Å². The third-order valence-corrected chi connectivity index (χ3v) is 7.93. The second-order valence-corrected chi connectivity index (χ2v) is 10.2. The molecule has 179 valence electrons. The molecule has 0 atom stereocenters. The van der Waals surface area contributed by atoms with Crippen LogP contribution in [0.2, 0.25) is 15.1 Å². The number of likely N-dealkylation sites (tertiary alicyclic amines) is 1. The van der Waals surface area contributed by atoms with Crippen LogP contribution in [0.5, 0.6) is 0 Å². The highest BCUT2D eigenvalue weighted by molar-refractivity contribution is 6.43. The van der Waals surface area contributed by atoms with Gasteiger partial charge >= 0.3 is 0 Å². The summed E-state index contributed by atoms with van der Waals surface area (Å²) in [4.78, 5) is 16.2. The SMILES string of the molecule is Clc1ccccc1C1CCN(CCCCc2c(Cl)c(Cl)cc3n[c]c(-c4ccccn4)nc23)CC1. The van der Waals surface area contributed by atoms with Crippen LogP contribution in [-0.4, -0.2) is 39.5 Å². The maximum absolute atomic E-state index is 6.64. The van der Waals surface area contributed by atoms with Crippen molar-refractivity contribution >= 4 is 45.8 Å². The number of fused-ring (bicyclic) bond motifs is 1. The van der Waals surface area contributed by atoms with Gasteiger partial charge in [-0.05, 0) is 87.5 Å². The first-order chi connectivity index (χ1) is 17.1. The molecule has 1 saturated heterocycles. The van der Waals surface area contributed by atoms with E-state index in [1.807, 2.05) is 30.3 Å². The Hall–Kier alpha value is -2.24. The van der Waals surface area contributed by atoms with Crippen molar-refractivity contribution in [2.75, 3.05) is 19.6 Å². The lowest BCUT2D eigenvalue weighted by atomic mass is 9.89. The first-order valence-corrected chi connectivity index (χ1v) is 13.2. The van der Waals surface area contributed by atoms with Crippen molar-refractivity contribution in [3.63, 3.8) is 0 Å².